The smallest absolute Gasteiger partial charge is 0.223 e. The van der Waals surface area contributed by atoms with E-state index in [9.17, 15) is 9.59 Å². The van der Waals surface area contributed by atoms with E-state index in [1.165, 1.54) is 7.11 Å². The first-order valence-electron chi connectivity index (χ1n) is 7.41. The molecule has 5 nitrogen and oxygen atoms in total. The number of nitrogens with zero attached hydrogens (tertiary/aromatic N) is 1. The summed E-state index contributed by atoms with van der Waals surface area (Å²) in [5.41, 5.74) is 6.38. The predicted molar refractivity (Wildman–Crippen MR) is 88.0 cm³/mol. The van der Waals surface area contributed by atoms with Gasteiger partial charge in [0.2, 0.25) is 5.91 Å². The van der Waals surface area contributed by atoms with Crippen molar-refractivity contribution in [3.05, 3.63) is 28.2 Å². The van der Waals surface area contributed by atoms with Gasteiger partial charge in [-0.25, -0.2) is 0 Å². The Morgan fingerprint density at radius 1 is 1.41 bits per heavy atom. The van der Waals surface area contributed by atoms with Crippen molar-refractivity contribution in [1.29, 1.82) is 0 Å². The maximum absolute atomic E-state index is 12.3. The second kappa shape index (κ2) is 7.74. The number of ketones is 1. The Morgan fingerprint density at radius 2 is 2.18 bits per heavy atom. The van der Waals surface area contributed by atoms with E-state index in [0.29, 0.717) is 17.9 Å². The molecule has 1 atom stereocenters. The highest BCUT2D eigenvalue weighted by molar-refractivity contribution is 9.10. The zero-order valence-corrected chi connectivity index (χ0v) is 14.3. The number of rotatable bonds is 5. The number of methoxy groups -OCH3 is 1. The number of benzene rings is 1. The normalized spacial score (nSPS) is 18.1. The second-order valence-corrected chi connectivity index (χ2v) is 6.43. The highest BCUT2D eigenvalue weighted by Crippen LogP contribution is 2.24. The summed E-state index contributed by atoms with van der Waals surface area (Å²) in [5.74, 6) is 0.436. The highest BCUT2D eigenvalue weighted by atomic mass is 79.9. The summed E-state index contributed by atoms with van der Waals surface area (Å²) in [4.78, 5) is 26.3. The SMILES string of the molecule is COc1ccc(Br)cc1C(=O)CCC(=O)N1CCCC(N)C1. The molecule has 0 aromatic heterocycles. The highest BCUT2D eigenvalue weighted by Gasteiger charge is 2.22. The van der Waals surface area contributed by atoms with Crippen LogP contribution in [0, 0.1) is 0 Å². The van der Waals surface area contributed by atoms with Crippen molar-refractivity contribution in [2.75, 3.05) is 20.2 Å². The molecule has 1 heterocycles. The third-order valence-electron chi connectivity index (χ3n) is 3.84. The summed E-state index contributed by atoms with van der Waals surface area (Å²) >= 11 is 3.35. The van der Waals surface area contributed by atoms with Crippen molar-refractivity contribution in [1.82, 2.24) is 4.90 Å². The van der Waals surface area contributed by atoms with Crippen LogP contribution < -0.4 is 10.5 Å². The number of nitrogens with two attached hydrogens (primary N) is 1. The molecule has 22 heavy (non-hydrogen) atoms. The minimum absolute atomic E-state index is 0.00235. The van der Waals surface area contributed by atoms with Gasteiger partial charge in [0.15, 0.2) is 5.78 Å². The Balaban J connectivity index is 1.95. The number of hydrogen-bond donors (Lipinski definition) is 1. The minimum atomic E-state index is -0.0900. The van der Waals surface area contributed by atoms with Crippen molar-refractivity contribution < 1.29 is 14.3 Å². The molecule has 1 unspecified atom stereocenters. The first-order chi connectivity index (χ1) is 10.5. The minimum Gasteiger partial charge on any atom is -0.496 e. The molecular weight excluding hydrogens is 348 g/mol. The number of hydrogen-bond acceptors (Lipinski definition) is 4. The number of ether oxygens (including phenoxy) is 1. The van der Waals surface area contributed by atoms with Crippen LogP contribution in [0.1, 0.15) is 36.0 Å². The van der Waals surface area contributed by atoms with Gasteiger partial charge in [-0.3, -0.25) is 9.59 Å². The predicted octanol–water partition coefficient (Wildman–Crippen LogP) is 2.37. The first kappa shape index (κ1) is 17.0. The van der Waals surface area contributed by atoms with Crippen LogP contribution in [0.4, 0.5) is 0 Å². The van der Waals surface area contributed by atoms with Crippen LogP contribution >= 0.6 is 15.9 Å². The number of piperidine rings is 1. The quantitative estimate of drug-likeness (QED) is 0.809. The van der Waals surface area contributed by atoms with E-state index in [4.69, 9.17) is 10.5 Å². The van der Waals surface area contributed by atoms with Crippen LogP contribution in [0.5, 0.6) is 5.75 Å². The zero-order chi connectivity index (χ0) is 16.1. The van der Waals surface area contributed by atoms with Gasteiger partial charge in [-0.05, 0) is 31.0 Å². The van der Waals surface area contributed by atoms with Gasteiger partial charge in [-0.15, -0.1) is 0 Å². The van der Waals surface area contributed by atoms with Crippen molar-refractivity contribution in [2.45, 2.75) is 31.7 Å². The number of amides is 1. The monoisotopic (exact) mass is 368 g/mol. The molecule has 0 bridgehead atoms. The third-order valence-corrected chi connectivity index (χ3v) is 4.33. The van der Waals surface area contributed by atoms with Gasteiger partial charge in [0.1, 0.15) is 5.75 Å². The molecule has 0 aliphatic carbocycles. The average molecular weight is 369 g/mol. The third kappa shape index (κ3) is 4.30. The molecule has 0 saturated carbocycles. The lowest BCUT2D eigenvalue weighted by Gasteiger charge is -2.30. The van der Waals surface area contributed by atoms with Crippen LogP contribution in [0.2, 0.25) is 0 Å². The summed E-state index contributed by atoms with van der Waals surface area (Å²) < 4.78 is 6.02. The van der Waals surface area contributed by atoms with Crippen LogP contribution in [-0.4, -0.2) is 42.8 Å². The largest absolute Gasteiger partial charge is 0.496 e. The number of halogens is 1. The van der Waals surface area contributed by atoms with Crippen molar-refractivity contribution >= 4 is 27.6 Å². The van der Waals surface area contributed by atoms with E-state index >= 15 is 0 Å². The van der Waals surface area contributed by atoms with Gasteiger partial charge in [0.25, 0.3) is 0 Å². The Bertz CT molecular complexity index is 562. The lowest BCUT2D eigenvalue weighted by Crippen LogP contribution is -2.45. The lowest BCUT2D eigenvalue weighted by molar-refractivity contribution is -0.132. The van der Waals surface area contributed by atoms with Crippen LogP contribution in [0.25, 0.3) is 0 Å². The van der Waals surface area contributed by atoms with Crippen molar-refractivity contribution in [2.24, 2.45) is 5.73 Å². The van der Waals surface area contributed by atoms with Gasteiger partial charge < -0.3 is 15.4 Å². The molecule has 1 aromatic carbocycles. The summed E-state index contributed by atoms with van der Waals surface area (Å²) in [6, 6.07) is 5.33. The molecule has 6 heteroatoms. The molecule has 2 rings (SSSR count). The van der Waals surface area contributed by atoms with E-state index in [0.717, 1.165) is 23.9 Å². The Labute approximate surface area is 138 Å². The first-order valence-corrected chi connectivity index (χ1v) is 8.20. The van der Waals surface area contributed by atoms with Gasteiger partial charge in [0.05, 0.1) is 12.7 Å². The molecule has 120 valence electrons. The molecule has 1 saturated heterocycles. The molecule has 1 aromatic rings. The molecular formula is C16H21BrN2O3. The number of Topliss-reactive ketones (excluding diaryl/α,β-unsaturated/α-hetero) is 1. The number of carbonyl (C=O) groups is 2. The van der Waals surface area contributed by atoms with E-state index < -0.39 is 0 Å². The fraction of sp³-hybridized carbons (Fsp3) is 0.500. The molecule has 1 amide bonds. The van der Waals surface area contributed by atoms with Gasteiger partial charge in [-0.1, -0.05) is 15.9 Å². The summed E-state index contributed by atoms with van der Waals surface area (Å²) in [7, 11) is 1.53. The van der Waals surface area contributed by atoms with Gasteiger partial charge in [-0.2, -0.15) is 0 Å². The molecule has 1 fully saturated rings. The fourth-order valence-corrected chi connectivity index (χ4v) is 3.01. The van der Waals surface area contributed by atoms with Crippen LogP contribution in [0.3, 0.4) is 0 Å². The lowest BCUT2D eigenvalue weighted by atomic mass is 10.0. The van der Waals surface area contributed by atoms with Crippen molar-refractivity contribution in [3.8, 4) is 5.75 Å². The zero-order valence-electron chi connectivity index (χ0n) is 12.7. The summed E-state index contributed by atoms with van der Waals surface area (Å²) in [6.07, 6.45) is 2.27. The standard InChI is InChI=1S/C16H21BrN2O3/c1-22-15-6-4-11(17)9-13(15)14(20)5-7-16(21)19-8-2-3-12(18)10-19/h4,6,9,12H,2-3,5,7-8,10,18H2,1H3. The molecule has 0 spiro atoms. The average Bonchev–Trinajstić information content (AvgIpc) is 2.52. The maximum atomic E-state index is 12.3. The molecule has 1 aliphatic heterocycles. The van der Waals surface area contributed by atoms with Crippen LogP contribution in [0.15, 0.2) is 22.7 Å². The van der Waals surface area contributed by atoms with Gasteiger partial charge >= 0.3 is 0 Å². The van der Waals surface area contributed by atoms with E-state index in [-0.39, 0.29) is 30.6 Å². The Hall–Kier alpha value is -1.40. The van der Waals surface area contributed by atoms with Gasteiger partial charge in [0, 0.05) is 36.4 Å². The van der Waals surface area contributed by atoms with E-state index in [1.54, 1.807) is 17.0 Å². The number of carbonyl (C=O) groups excluding carboxylic acids is 2. The molecule has 0 radical (unpaired) electrons. The summed E-state index contributed by atoms with van der Waals surface area (Å²) in [6.45, 7) is 1.33. The summed E-state index contributed by atoms with van der Waals surface area (Å²) in [5, 5.41) is 0. The second-order valence-electron chi connectivity index (χ2n) is 5.51. The molecule has 2 N–H and O–H groups in total. The van der Waals surface area contributed by atoms with E-state index in [1.807, 2.05) is 6.07 Å². The molecule has 1 aliphatic rings. The van der Waals surface area contributed by atoms with Crippen molar-refractivity contribution in [3.63, 3.8) is 0 Å². The Kier molecular flexibility index (Phi) is 5.97. The van der Waals surface area contributed by atoms with E-state index in [2.05, 4.69) is 15.9 Å². The fourth-order valence-electron chi connectivity index (χ4n) is 2.65. The Morgan fingerprint density at radius 3 is 2.86 bits per heavy atom. The van der Waals surface area contributed by atoms with Crippen LogP contribution in [-0.2, 0) is 4.79 Å². The maximum Gasteiger partial charge on any atom is 0.223 e. The topological polar surface area (TPSA) is 72.6 Å². The number of likely N-dealkylation sites (tertiary alicyclic amines) is 1.